The molecule has 0 aromatic rings. The maximum Gasteiger partial charge on any atom is 0.0136 e. The molecule has 0 aliphatic heterocycles. The van der Waals surface area contributed by atoms with Gasteiger partial charge in [-0.2, -0.15) is 0 Å². The molecule has 0 saturated heterocycles. The Morgan fingerprint density at radius 3 is 2.13 bits per heavy atom. The van der Waals surface area contributed by atoms with Crippen LogP contribution in [0.15, 0.2) is 0 Å². The van der Waals surface area contributed by atoms with Crippen LogP contribution in [0.1, 0.15) is 59.3 Å². The van der Waals surface area contributed by atoms with Gasteiger partial charge in [0.15, 0.2) is 0 Å². The molecule has 0 amide bonds. The molecule has 1 unspecified atom stereocenters. The van der Waals surface area contributed by atoms with E-state index in [0.717, 1.165) is 19.0 Å². The van der Waals surface area contributed by atoms with Crippen LogP contribution in [0, 0.1) is 5.92 Å². The third kappa shape index (κ3) is 13.9. The molecular weight excluding hydrogens is 184 g/mol. The van der Waals surface area contributed by atoms with Crippen molar-refractivity contribution in [2.75, 3.05) is 13.1 Å². The van der Waals surface area contributed by atoms with Crippen LogP contribution in [0.25, 0.3) is 0 Å². The van der Waals surface area contributed by atoms with Crippen LogP contribution in [0.4, 0.5) is 0 Å². The van der Waals surface area contributed by atoms with Gasteiger partial charge in [0.05, 0.1) is 0 Å². The van der Waals surface area contributed by atoms with Gasteiger partial charge >= 0.3 is 0 Å². The van der Waals surface area contributed by atoms with E-state index in [-0.39, 0.29) is 6.04 Å². The van der Waals surface area contributed by atoms with E-state index in [1.165, 1.54) is 38.5 Å². The molecule has 2 nitrogen and oxygen atoms in total. The van der Waals surface area contributed by atoms with Gasteiger partial charge in [-0.25, -0.2) is 0 Å². The molecule has 0 aliphatic rings. The van der Waals surface area contributed by atoms with E-state index < -0.39 is 0 Å². The molecule has 1 atom stereocenters. The van der Waals surface area contributed by atoms with Gasteiger partial charge in [-0.1, -0.05) is 46.0 Å². The van der Waals surface area contributed by atoms with Crippen LogP contribution in [-0.2, 0) is 0 Å². The summed E-state index contributed by atoms with van der Waals surface area (Å²) in [5.41, 5.74) is 5.64. The Morgan fingerprint density at radius 2 is 1.53 bits per heavy atom. The van der Waals surface area contributed by atoms with Gasteiger partial charge in [0, 0.05) is 12.6 Å². The van der Waals surface area contributed by atoms with Crippen LogP contribution < -0.4 is 11.1 Å². The summed E-state index contributed by atoms with van der Waals surface area (Å²) in [7, 11) is 0. The zero-order valence-corrected chi connectivity index (χ0v) is 10.9. The van der Waals surface area contributed by atoms with E-state index >= 15 is 0 Å². The first-order valence-electron chi connectivity index (χ1n) is 6.59. The van der Waals surface area contributed by atoms with E-state index in [2.05, 4.69) is 19.2 Å². The van der Waals surface area contributed by atoms with Crippen molar-refractivity contribution in [1.82, 2.24) is 5.32 Å². The van der Waals surface area contributed by atoms with Crippen LogP contribution in [-0.4, -0.2) is 19.1 Å². The second kappa shape index (κ2) is 10.4. The van der Waals surface area contributed by atoms with Crippen molar-refractivity contribution in [2.24, 2.45) is 11.7 Å². The van der Waals surface area contributed by atoms with Gasteiger partial charge in [-0.05, 0) is 25.8 Å². The van der Waals surface area contributed by atoms with E-state index in [4.69, 9.17) is 5.73 Å². The molecular formula is C13H30N2. The van der Waals surface area contributed by atoms with Crippen LogP contribution >= 0.6 is 0 Å². The minimum Gasteiger partial charge on any atom is -0.327 e. The quantitative estimate of drug-likeness (QED) is 0.549. The molecule has 0 fully saturated rings. The Labute approximate surface area is 96.0 Å². The Hall–Kier alpha value is -0.0800. The SMILES string of the molecule is CC(C)CCCCCCCNCC(C)N. The molecule has 0 radical (unpaired) electrons. The maximum absolute atomic E-state index is 5.64. The molecule has 0 aromatic heterocycles. The van der Waals surface area contributed by atoms with Crippen molar-refractivity contribution in [2.45, 2.75) is 65.3 Å². The fourth-order valence-corrected chi connectivity index (χ4v) is 1.66. The van der Waals surface area contributed by atoms with Crippen molar-refractivity contribution < 1.29 is 0 Å². The summed E-state index contributed by atoms with van der Waals surface area (Å²) in [5.74, 6) is 0.873. The van der Waals surface area contributed by atoms with Gasteiger partial charge in [0.25, 0.3) is 0 Å². The number of unbranched alkanes of at least 4 members (excludes halogenated alkanes) is 4. The highest BCUT2D eigenvalue weighted by molar-refractivity contribution is 4.57. The molecule has 2 heteroatoms. The topological polar surface area (TPSA) is 38.0 Å². The second-order valence-electron chi connectivity index (χ2n) is 5.13. The number of nitrogens with two attached hydrogens (primary N) is 1. The Morgan fingerprint density at radius 1 is 0.933 bits per heavy atom. The van der Waals surface area contributed by atoms with Crippen molar-refractivity contribution in [3.8, 4) is 0 Å². The number of hydrogen-bond donors (Lipinski definition) is 2. The molecule has 15 heavy (non-hydrogen) atoms. The number of nitrogens with one attached hydrogen (secondary N) is 1. The van der Waals surface area contributed by atoms with Crippen molar-refractivity contribution in [3.05, 3.63) is 0 Å². The van der Waals surface area contributed by atoms with Crippen molar-refractivity contribution >= 4 is 0 Å². The third-order valence-corrected chi connectivity index (χ3v) is 2.60. The average molecular weight is 214 g/mol. The van der Waals surface area contributed by atoms with E-state index in [1.54, 1.807) is 0 Å². The third-order valence-electron chi connectivity index (χ3n) is 2.60. The van der Waals surface area contributed by atoms with Crippen LogP contribution in [0.5, 0.6) is 0 Å². The minimum absolute atomic E-state index is 0.288. The lowest BCUT2D eigenvalue weighted by Crippen LogP contribution is -2.31. The molecule has 0 saturated carbocycles. The summed E-state index contributed by atoms with van der Waals surface area (Å²) in [6, 6.07) is 0.288. The highest BCUT2D eigenvalue weighted by atomic mass is 14.9. The predicted octanol–water partition coefficient (Wildman–Crippen LogP) is 2.92. The summed E-state index contributed by atoms with van der Waals surface area (Å²) in [6.07, 6.45) is 8.27. The molecule has 0 bridgehead atoms. The van der Waals surface area contributed by atoms with E-state index in [9.17, 15) is 0 Å². The largest absolute Gasteiger partial charge is 0.327 e. The molecule has 0 aliphatic carbocycles. The summed E-state index contributed by atoms with van der Waals surface area (Å²) in [5, 5.41) is 3.37. The number of rotatable bonds is 10. The normalized spacial score (nSPS) is 13.4. The fourth-order valence-electron chi connectivity index (χ4n) is 1.66. The predicted molar refractivity (Wildman–Crippen MR) is 69.1 cm³/mol. The Bertz CT molecular complexity index is 108. The van der Waals surface area contributed by atoms with Gasteiger partial charge in [-0.15, -0.1) is 0 Å². The smallest absolute Gasteiger partial charge is 0.0136 e. The van der Waals surface area contributed by atoms with E-state index in [0.29, 0.717) is 0 Å². The lowest BCUT2D eigenvalue weighted by molar-refractivity contribution is 0.506. The van der Waals surface area contributed by atoms with Crippen LogP contribution in [0.2, 0.25) is 0 Å². The average Bonchev–Trinajstić information content (AvgIpc) is 2.14. The second-order valence-corrected chi connectivity index (χ2v) is 5.13. The minimum atomic E-state index is 0.288. The van der Waals surface area contributed by atoms with E-state index in [1.807, 2.05) is 6.92 Å². The summed E-state index contributed by atoms with van der Waals surface area (Å²) in [6.45, 7) is 8.73. The standard InChI is InChI=1S/C13H30N2/c1-12(2)9-7-5-4-6-8-10-15-11-13(3)14/h12-13,15H,4-11,14H2,1-3H3. The van der Waals surface area contributed by atoms with Gasteiger partial charge in [-0.3, -0.25) is 0 Å². The zero-order valence-electron chi connectivity index (χ0n) is 10.9. The van der Waals surface area contributed by atoms with Crippen molar-refractivity contribution in [1.29, 1.82) is 0 Å². The lowest BCUT2D eigenvalue weighted by Gasteiger charge is -2.07. The van der Waals surface area contributed by atoms with Gasteiger partial charge in [0.1, 0.15) is 0 Å². The molecule has 0 heterocycles. The molecule has 3 N–H and O–H groups in total. The zero-order chi connectivity index (χ0) is 11.5. The monoisotopic (exact) mass is 214 g/mol. The van der Waals surface area contributed by atoms with Crippen molar-refractivity contribution in [3.63, 3.8) is 0 Å². The highest BCUT2D eigenvalue weighted by Gasteiger charge is 1.95. The first kappa shape index (κ1) is 14.9. The Balaban J connectivity index is 2.93. The molecule has 0 rings (SSSR count). The molecule has 0 aromatic carbocycles. The Kier molecular flexibility index (Phi) is 10.4. The summed E-state index contributed by atoms with van der Waals surface area (Å²) in [4.78, 5) is 0. The molecule has 92 valence electrons. The summed E-state index contributed by atoms with van der Waals surface area (Å²) < 4.78 is 0. The highest BCUT2D eigenvalue weighted by Crippen LogP contribution is 2.09. The van der Waals surface area contributed by atoms with Gasteiger partial charge < -0.3 is 11.1 Å². The fraction of sp³-hybridized carbons (Fsp3) is 1.00. The first-order valence-corrected chi connectivity index (χ1v) is 6.59. The maximum atomic E-state index is 5.64. The number of hydrogen-bond acceptors (Lipinski definition) is 2. The molecule has 0 spiro atoms. The van der Waals surface area contributed by atoms with Crippen LogP contribution in [0.3, 0.4) is 0 Å². The summed E-state index contributed by atoms with van der Waals surface area (Å²) >= 11 is 0. The first-order chi connectivity index (χ1) is 7.13. The van der Waals surface area contributed by atoms with Gasteiger partial charge in [0.2, 0.25) is 0 Å². The lowest BCUT2D eigenvalue weighted by atomic mass is 10.0.